The molecule has 0 aliphatic carbocycles. The number of pyridine rings is 1. The van der Waals surface area contributed by atoms with Crippen LogP contribution in [-0.4, -0.2) is 13.1 Å². The van der Waals surface area contributed by atoms with Gasteiger partial charge in [-0.1, -0.05) is 113 Å². The Morgan fingerprint density at radius 1 is 0.714 bits per heavy atom. The minimum absolute atomic E-state index is 0.0606. The summed E-state index contributed by atoms with van der Waals surface area (Å²) in [4.78, 5) is 4.93. The molecule has 35 heavy (non-hydrogen) atoms. The van der Waals surface area contributed by atoms with Crippen molar-refractivity contribution in [2.75, 3.05) is 0 Å². The highest BCUT2D eigenvalue weighted by Crippen LogP contribution is 2.34. The number of aromatic nitrogens is 1. The fraction of sp³-hybridized carbons (Fsp3) is 0.364. The van der Waals surface area contributed by atoms with Gasteiger partial charge in [-0.25, -0.2) is 0 Å². The van der Waals surface area contributed by atoms with Gasteiger partial charge in [-0.05, 0) is 69.9 Å². The Morgan fingerprint density at radius 3 is 1.97 bits per heavy atom. The first-order valence-corrected chi connectivity index (χ1v) is 15.6. The first-order chi connectivity index (χ1) is 16.6. The van der Waals surface area contributed by atoms with Crippen LogP contribution in [0.2, 0.25) is 12.1 Å². The fourth-order valence-corrected chi connectivity index (χ4v) is 11.7. The third-order valence-corrected chi connectivity index (χ3v) is 13.0. The molecule has 1 heterocycles. The molecule has 0 saturated heterocycles. The maximum Gasteiger partial charge on any atom is 0.118 e. The Labute approximate surface area is 213 Å². The second-order valence-corrected chi connectivity index (χ2v) is 16.2. The van der Waals surface area contributed by atoms with Crippen LogP contribution in [0.3, 0.4) is 0 Å². The SMILES string of the molecule is CC(C)C[Si](CC(C)C)(c1ccccc1)c1ccnc(-c2cc(C(C)(C)C)c3ccccc3c2)c1. The van der Waals surface area contributed by atoms with Crippen molar-refractivity contribution in [3.63, 3.8) is 0 Å². The predicted molar refractivity (Wildman–Crippen MR) is 157 cm³/mol. The Morgan fingerprint density at radius 2 is 1.34 bits per heavy atom. The molecule has 4 aromatic rings. The summed E-state index contributed by atoms with van der Waals surface area (Å²) in [6.07, 6.45) is 2.06. The van der Waals surface area contributed by atoms with E-state index in [9.17, 15) is 0 Å². The molecule has 1 aromatic heterocycles. The number of rotatable bonds is 7. The summed E-state index contributed by atoms with van der Waals surface area (Å²) >= 11 is 0. The van der Waals surface area contributed by atoms with Crippen molar-refractivity contribution in [2.24, 2.45) is 11.8 Å². The molecule has 0 fully saturated rings. The molecular formula is C33H41NSi. The van der Waals surface area contributed by atoms with Crippen LogP contribution < -0.4 is 10.4 Å². The zero-order valence-corrected chi connectivity index (χ0v) is 23.6. The molecule has 0 atom stereocenters. The van der Waals surface area contributed by atoms with Crippen LogP contribution in [0.15, 0.2) is 85.1 Å². The van der Waals surface area contributed by atoms with Crippen molar-refractivity contribution < 1.29 is 0 Å². The van der Waals surface area contributed by atoms with E-state index in [4.69, 9.17) is 4.98 Å². The maximum atomic E-state index is 4.93. The molecule has 0 aliphatic rings. The maximum absolute atomic E-state index is 4.93. The molecule has 2 heteroatoms. The van der Waals surface area contributed by atoms with Crippen LogP contribution in [0, 0.1) is 11.8 Å². The monoisotopic (exact) mass is 479 g/mol. The summed E-state index contributed by atoms with van der Waals surface area (Å²) in [6.45, 7) is 16.4. The average molecular weight is 480 g/mol. The Balaban J connectivity index is 1.93. The highest BCUT2D eigenvalue weighted by molar-refractivity contribution is 7.02. The van der Waals surface area contributed by atoms with Gasteiger partial charge in [-0.2, -0.15) is 0 Å². The Bertz CT molecular complexity index is 1270. The lowest BCUT2D eigenvalue weighted by Gasteiger charge is -2.36. The summed E-state index contributed by atoms with van der Waals surface area (Å²) in [5, 5.41) is 5.69. The van der Waals surface area contributed by atoms with Gasteiger partial charge in [0, 0.05) is 11.8 Å². The van der Waals surface area contributed by atoms with Crippen molar-refractivity contribution >= 4 is 29.2 Å². The van der Waals surface area contributed by atoms with Gasteiger partial charge in [0.25, 0.3) is 0 Å². The number of nitrogens with zero attached hydrogens (tertiary/aromatic N) is 1. The van der Waals surface area contributed by atoms with Crippen LogP contribution in [-0.2, 0) is 5.41 Å². The smallest absolute Gasteiger partial charge is 0.118 e. The minimum Gasteiger partial charge on any atom is -0.256 e. The molecule has 0 amide bonds. The summed E-state index contributed by atoms with van der Waals surface area (Å²) in [5.74, 6) is 1.29. The molecule has 0 spiro atoms. The lowest BCUT2D eigenvalue weighted by Crippen LogP contribution is -2.59. The highest BCUT2D eigenvalue weighted by atomic mass is 28.3. The summed E-state index contributed by atoms with van der Waals surface area (Å²) in [5.41, 5.74) is 3.76. The van der Waals surface area contributed by atoms with Crippen LogP contribution in [0.5, 0.6) is 0 Å². The average Bonchev–Trinajstić information content (AvgIpc) is 2.82. The van der Waals surface area contributed by atoms with Gasteiger partial charge in [-0.3, -0.25) is 4.98 Å². The third kappa shape index (κ3) is 5.43. The van der Waals surface area contributed by atoms with Crippen molar-refractivity contribution in [1.29, 1.82) is 0 Å². The topological polar surface area (TPSA) is 12.9 Å². The zero-order valence-electron chi connectivity index (χ0n) is 22.6. The molecule has 4 rings (SSSR count). The lowest BCUT2D eigenvalue weighted by atomic mass is 9.82. The van der Waals surface area contributed by atoms with E-state index < -0.39 is 8.07 Å². The molecule has 0 N–H and O–H groups in total. The second kappa shape index (κ2) is 10.1. The fourth-order valence-electron chi connectivity index (χ4n) is 5.84. The normalized spacial score (nSPS) is 12.6. The van der Waals surface area contributed by atoms with E-state index in [0.717, 1.165) is 5.69 Å². The molecule has 0 unspecified atom stereocenters. The quantitative estimate of drug-likeness (QED) is 0.244. The molecule has 3 aromatic carbocycles. The van der Waals surface area contributed by atoms with Gasteiger partial charge in [0.2, 0.25) is 0 Å². The van der Waals surface area contributed by atoms with E-state index in [1.54, 1.807) is 5.19 Å². The van der Waals surface area contributed by atoms with Crippen molar-refractivity contribution in [3.05, 3.63) is 90.6 Å². The number of hydrogen-bond donors (Lipinski definition) is 0. The van der Waals surface area contributed by atoms with Gasteiger partial charge in [0.1, 0.15) is 8.07 Å². The van der Waals surface area contributed by atoms with Crippen LogP contribution in [0.1, 0.15) is 54.0 Å². The standard InChI is InChI=1S/C33H41NSi/c1-24(2)22-35(23-25(3)4,28-14-9-8-10-15-28)29-17-18-34-32(21-29)27-19-26-13-11-12-16-30(26)31(20-27)33(5,6)7/h8-21,24-25H,22-23H2,1-7H3. The van der Waals surface area contributed by atoms with E-state index in [1.807, 2.05) is 0 Å². The van der Waals surface area contributed by atoms with E-state index in [-0.39, 0.29) is 5.41 Å². The Hall–Kier alpha value is -2.71. The Kier molecular flexibility index (Phi) is 7.33. The molecule has 1 nitrogen and oxygen atoms in total. The van der Waals surface area contributed by atoms with Crippen molar-refractivity contribution in [2.45, 2.75) is 66.0 Å². The largest absolute Gasteiger partial charge is 0.256 e. The van der Waals surface area contributed by atoms with Gasteiger partial charge in [-0.15, -0.1) is 0 Å². The molecule has 0 bridgehead atoms. The van der Waals surface area contributed by atoms with Gasteiger partial charge >= 0.3 is 0 Å². The molecular weight excluding hydrogens is 438 g/mol. The lowest BCUT2D eigenvalue weighted by molar-refractivity contribution is 0.596. The van der Waals surface area contributed by atoms with Crippen LogP contribution >= 0.6 is 0 Å². The van der Waals surface area contributed by atoms with Crippen molar-refractivity contribution in [3.8, 4) is 11.3 Å². The van der Waals surface area contributed by atoms with Gasteiger partial charge in [0.15, 0.2) is 0 Å². The van der Waals surface area contributed by atoms with E-state index in [0.29, 0.717) is 11.8 Å². The molecule has 182 valence electrons. The van der Waals surface area contributed by atoms with Crippen molar-refractivity contribution in [1.82, 2.24) is 4.98 Å². The van der Waals surface area contributed by atoms with Crippen LogP contribution in [0.25, 0.3) is 22.0 Å². The number of hydrogen-bond acceptors (Lipinski definition) is 1. The van der Waals surface area contributed by atoms with Gasteiger partial charge < -0.3 is 0 Å². The summed E-state index contributed by atoms with van der Waals surface area (Å²) in [7, 11) is -1.98. The highest BCUT2D eigenvalue weighted by Gasteiger charge is 2.38. The first-order valence-electron chi connectivity index (χ1n) is 13.2. The second-order valence-electron chi connectivity index (χ2n) is 12.1. The van der Waals surface area contributed by atoms with E-state index in [2.05, 4.69) is 134 Å². The predicted octanol–water partition coefficient (Wildman–Crippen LogP) is 8.07. The van der Waals surface area contributed by atoms with E-state index in [1.165, 1.54) is 39.2 Å². The third-order valence-electron chi connectivity index (χ3n) is 7.12. The molecule has 0 radical (unpaired) electrons. The van der Waals surface area contributed by atoms with E-state index >= 15 is 0 Å². The minimum atomic E-state index is -1.98. The van der Waals surface area contributed by atoms with Gasteiger partial charge in [0.05, 0.1) is 5.69 Å². The first kappa shape index (κ1) is 25.4. The molecule has 0 aliphatic heterocycles. The summed E-state index contributed by atoms with van der Waals surface area (Å²) < 4.78 is 0. The zero-order chi connectivity index (χ0) is 25.2. The number of benzene rings is 3. The molecule has 0 saturated carbocycles. The van der Waals surface area contributed by atoms with Crippen LogP contribution in [0.4, 0.5) is 0 Å². The number of fused-ring (bicyclic) bond motifs is 1. The summed E-state index contributed by atoms with van der Waals surface area (Å²) in [6, 6.07) is 32.1.